The number of carboxylic acids is 1. The molecular formula is C25H20FN3O4. The van der Waals surface area contributed by atoms with E-state index in [1.165, 1.54) is 12.1 Å². The summed E-state index contributed by atoms with van der Waals surface area (Å²) < 4.78 is 14.5. The molecule has 0 bridgehead atoms. The molecule has 0 saturated heterocycles. The molecule has 4 aromatic rings. The molecule has 7 nitrogen and oxygen atoms in total. The standard InChI is InChI=1S/C25H20FN3O4/c26-20-11-10-15(12-21-17-8-4-5-9-18(17)25(33)29-28-21)13-22(20)27-24(32)19(14-23(30)31)16-6-2-1-3-7-16/h1-11,13,19H,12,14H2,(H,27,32)(H,29,33)(H,30,31). The lowest BCUT2D eigenvalue weighted by Crippen LogP contribution is -2.24. The molecular weight excluding hydrogens is 425 g/mol. The van der Waals surface area contributed by atoms with Crippen LogP contribution in [0.2, 0.25) is 0 Å². The Kier molecular flexibility index (Phi) is 6.26. The molecule has 1 amide bonds. The van der Waals surface area contributed by atoms with Crippen molar-refractivity contribution in [3.8, 4) is 0 Å². The number of aromatic nitrogens is 2. The van der Waals surface area contributed by atoms with Gasteiger partial charge < -0.3 is 10.4 Å². The van der Waals surface area contributed by atoms with Gasteiger partial charge in [-0.25, -0.2) is 9.49 Å². The number of halogens is 1. The predicted molar refractivity (Wildman–Crippen MR) is 122 cm³/mol. The summed E-state index contributed by atoms with van der Waals surface area (Å²) in [6, 6.07) is 19.8. The number of carboxylic acid groups (broad SMARTS) is 1. The number of amides is 1. The number of nitrogens with one attached hydrogen (secondary N) is 2. The zero-order chi connectivity index (χ0) is 23.4. The largest absolute Gasteiger partial charge is 0.481 e. The number of hydrogen-bond acceptors (Lipinski definition) is 4. The third-order valence-electron chi connectivity index (χ3n) is 5.33. The van der Waals surface area contributed by atoms with Crippen LogP contribution in [0, 0.1) is 5.82 Å². The molecule has 33 heavy (non-hydrogen) atoms. The van der Waals surface area contributed by atoms with Crippen LogP contribution >= 0.6 is 0 Å². The van der Waals surface area contributed by atoms with Crippen LogP contribution in [0.5, 0.6) is 0 Å². The number of rotatable bonds is 7. The number of aliphatic carboxylic acids is 1. The molecule has 1 unspecified atom stereocenters. The lowest BCUT2D eigenvalue weighted by atomic mass is 9.94. The van der Waals surface area contributed by atoms with Crippen LogP contribution in [0.15, 0.2) is 77.6 Å². The summed E-state index contributed by atoms with van der Waals surface area (Å²) in [6.07, 6.45) is -0.137. The second-order valence-corrected chi connectivity index (χ2v) is 7.59. The molecule has 0 aliphatic heterocycles. The van der Waals surface area contributed by atoms with Gasteiger partial charge in [-0.2, -0.15) is 5.10 Å². The quantitative estimate of drug-likeness (QED) is 0.400. The molecule has 0 saturated carbocycles. The van der Waals surface area contributed by atoms with E-state index in [1.54, 1.807) is 60.7 Å². The summed E-state index contributed by atoms with van der Waals surface area (Å²) in [4.78, 5) is 36.2. The van der Waals surface area contributed by atoms with E-state index in [2.05, 4.69) is 15.5 Å². The number of nitrogens with zero attached hydrogens (tertiary/aromatic N) is 1. The van der Waals surface area contributed by atoms with Crippen LogP contribution in [-0.2, 0) is 16.0 Å². The molecule has 166 valence electrons. The highest BCUT2D eigenvalue weighted by atomic mass is 19.1. The molecule has 0 radical (unpaired) electrons. The van der Waals surface area contributed by atoms with Gasteiger partial charge in [-0.15, -0.1) is 0 Å². The van der Waals surface area contributed by atoms with Gasteiger partial charge in [0.1, 0.15) is 5.82 Å². The van der Waals surface area contributed by atoms with E-state index in [1.807, 2.05) is 0 Å². The van der Waals surface area contributed by atoms with E-state index in [9.17, 15) is 23.9 Å². The van der Waals surface area contributed by atoms with Gasteiger partial charge in [0, 0.05) is 11.8 Å². The van der Waals surface area contributed by atoms with Crippen molar-refractivity contribution in [3.63, 3.8) is 0 Å². The van der Waals surface area contributed by atoms with Crippen molar-refractivity contribution >= 4 is 28.3 Å². The summed E-state index contributed by atoms with van der Waals surface area (Å²) in [6.45, 7) is 0. The maximum atomic E-state index is 14.5. The second kappa shape index (κ2) is 9.44. The van der Waals surface area contributed by atoms with Crippen molar-refractivity contribution in [1.29, 1.82) is 0 Å². The minimum atomic E-state index is -1.13. The first kappa shape index (κ1) is 21.9. The first-order chi connectivity index (χ1) is 15.9. The Bertz CT molecular complexity index is 1390. The highest BCUT2D eigenvalue weighted by Gasteiger charge is 2.24. The Morgan fingerprint density at radius 2 is 1.70 bits per heavy atom. The molecule has 0 aliphatic carbocycles. The van der Waals surface area contributed by atoms with Gasteiger partial charge in [0.05, 0.1) is 29.1 Å². The van der Waals surface area contributed by atoms with E-state index >= 15 is 0 Å². The van der Waals surface area contributed by atoms with Crippen LogP contribution in [0.3, 0.4) is 0 Å². The van der Waals surface area contributed by atoms with Gasteiger partial charge in [-0.3, -0.25) is 14.4 Å². The lowest BCUT2D eigenvalue weighted by Gasteiger charge is -2.16. The third kappa shape index (κ3) is 4.95. The number of benzene rings is 3. The Morgan fingerprint density at radius 3 is 2.42 bits per heavy atom. The van der Waals surface area contributed by atoms with Crippen molar-refractivity contribution in [3.05, 3.63) is 106 Å². The summed E-state index contributed by atoms with van der Waals surface area (Å²) in [7, 11) is 0. The number of anilines is 1. The monoisotopic (exact) mass is 445 g/mol. The van der Waals surface area contributed by atoms with Crippen LogP contribution in [0.1, 0.15) is 29.2 Å². The minimum absolute atomic E-state index is 0.0578. The van der Waals surface area contributed by atoms with E-state index < -0.39 is 30.0 Å². The first-order valence-corrected chi connectivity index (χ1v) is 10.2. The van der Waals surface area contributed by atoms with Crippen LogP contribution in [-0.4, -0.2) is 27.2 Å². The smallest absolute Gasteiger partial charge is 0.304 e. The van der Waals surface area contributed by atoms with E-state index in [-0.39, 0.29) is 17.7 Å². The van der Waals surface area contributed by atoms with Crippen molar-refractivity contribution in [2.45, 2.75) is 18.8 Å². The summed E-state index contributed by atoms with van der Waals surface area (Å²) in [5, 5.41) is 19.6. The average Bonchev–Trinajstić information content (AvgIpc) is 2.82. The predicted octanol–water partition coefficient (Wildman–Crippen LogP) is 3.85. The topological polar surface area (TPSA) is 112 Å². The summed E-state index contributed by atoms with van der Waals surface area (Å²) in [5.74, 6) is -3.37. The van der Waals surface area contributed by atoms with Crippen molar-refractivity contribution in [1.82, 2.24) is 10.2 Å². The van der Waals surface area contributed by atoms with Gasteiger partial charge in [-0.05, 0) is 29.3 Å². The van der Waals surface area contributed by atoms with Gasteiger partial charge in [-0.1, -0.05) is 54.6 Å². The molecule has 0 aliphatic rings. The third-order valence-corrected chi connectivity index (χ3v) is 5.33. The number of H-pyrrole nitrogens is 1. The van der Waals surface area contributed by atoms with Gasteiger partial charge in [0.2, 0.25) is 5.91 Å². The maximum absolute atomic E-state index is 14.5. The number of aromatic amines is 1. The highest BCUT2D eigenvalue weighted by molar-refractivity contribution is 5.98. The fourth-order valence-electron chi connectivity index (χ4n) is 3.72. The molecule has 8 heteroatoms. The van der Waals surface area contributed by atoms with Crippen LogP contribution in [0.4, 0.5) is 10.1 Å². The Hall–Kier alpha value is -4.33. The number of carbonyl (C=O) groups excluding carboxylic acids is 1. The first-order valence-electron chi connectivity index (χ1n) is 10.2. The van der Waals surface area contributed by atoms with Crippen molar-refractivity contribution in [2.24, 2.45) is 0 Å². The SMILES string of the molecule is O=C(O)CC(C(=O)Nc1cc(Cc2n[nH]c(=O)c3ccccc23)ccc1F)c1ccccc1. The Balaban J connectivity index is 1.61. The number of carbonyl (C=O) groups is 2. The van der Waals surface area contributed by atoms with E-state index in [4.69, 9.17) is 0 Å². The number of fused-ring (bicyclic) bond motifs is 1. The minimum Gasteiger partial charge on any atom is -0.481 e. The van der Waals surface area contributed by atoms with E-state index in [0.717, 1.165) is 0 Å². The summed E-state index contributed by atoms with van der Waals surface area (Å²) in [5.41, 5.74) is 1.43. The molecule has 3 aromatic carbocycles. The zero-order valence-electron chi connectivity index (χ0n) is 17.4. The fourth-order valence-corrected chi connectivity index (χ4v) is 3.72. The Morgan fingerprint density at radius 1 is 1.00 bits per heavy atom. The van der Waals surface area contributed by atoms with Crippen LogP contribution < -0.4 is 10.9 Å². The lowest BCUT2D eigenvalue weighted by molar-refractivity contribution is -0.139. The van der Waals surface area contributed by atoms with Crippen molar-refractivity contribution in [2.75, 3.05) is 5.32 Å². The van der Waals surface area contributed by atoms with E-state index in [0.29, 0.717) is 27.6 Å². The fraction of sp³-hybridized carbons (Fsp3) is 0.120. The molecule has 0 fully saturated rings. The molecule has 1 atom stereocenters. The normalized spacial score (nSPS) is 11.8. The van der Waals surface area contributed by atoms with Gasteiger partial charge >= 0.3 is 5.97 Å². The zero-order valence-corrected chi connectivity index (χ0v) is 17.4. The highest BCUT2D eigenvalue weighted by Crippen LogP contribution is 2.25. The molecule has 4 rings (SSSR count). The van der Waals surface area contributed by atoms with Crippen molar-refractivity contribution < 1.29 is 19.1 Å². The maximum Gasteiger partial charge on any atom is 0.304 e. The Labute approximate surface area is 187 Å². The number of hydrogen-bond donors (Lipinski definition) is 3. The molecule has 1 heterocycles. The summed E-state index contributed by atoms with van der Waals surface area (Å²) >= 11 is 0. The average molecular weight is 445 g/mol. The molecule has 3 N–H and O–H groups in total. The van der Waals surface area contributed by atoms with Gasteiger partial charge in [0.25, 0.3) is 5.56 Å². The second-order valence-electron chi connectivity index (χ2n) is 7.59. The van der Waals surface area contributed by atoms with Crippen LogP contribution in [0.25, 0.3) is 10.8 Å². The van der Waals surface area contributed by atoms with Gasteiger partial charge in [0.15, 0.2) is 0 Å². The molecule has 0 spiro atoms. The molecule has 1 aromatic heterocycles.